The lowest BCUT2D eigenvalue weighted by molar-refractivity contribution is 0.206. The summed E-state index contributed by atoms with van der Waals surface area (Å²) in [5.41, 5.74) is 0. The van der Waals surface area contributed by atoms with E-state index in [-0.39, 0.29) is 0 Å². The monoisotopic (exact) mass is 247 g/mol. The summed E-state index contributed by atoms with van der Waals surface area (Å²) in [5.74, 6) is 2.54. The number of rotatable bonds is 5. The van der Waals surface area contributed by atoms with Crippen molar-refractivity contribution in [1.82, 2.24) is 15.1 Å². The molecule has 0 N–H and O–H groups in total. The molecule has 2 aromatic rings. The van der Waals surface area contributed by atoms with E-state index < -0.39 is 0 Å². The SMILES string of the molecule is C[C@@H](C1CC1)N(C)Cc1nnc(-c2ccco2)o1. The van der Waals surface area contributed by atoms with Crippen LogP contribution in [0.2, 0.25) is 0 Å². The summed E-state index contributed by atoms with van der Waals surface area (Å²) >= 11 is 0. The summed E-state index contributed by atoms with van der Waals surface area (Å²) < 4.78 is 10.8. The first kappa shape index (κ1) is 11.5. The van der Waals surface area contributed by atoms with Crippen molar-refractivity contribution >= 4 is 0 Å². The average Bonchev–Trinajstić information content (AvgIpc) is 2.89. The highest BCUT2D eigenvalue weighted by Gasteiger charge is 2.31. The fourth-order valence-electron chi connectivity index (χ4n) is 2.11. The Balaban J connectivity index is 1.66. The van der Waals surface area contributed by atoms with Crippen molar-refractivity contribution in [2.45, 2.75) is 32.4 Å². The second-order valence-corrected chi connectivity index (χ2v) is 4.97. The van der Waals surface area contributed by atoms with E-state index >= 15 is 0 Å². The van der Waals surface area contributed by atoms with Crippen molar-refractivity contribution < 1.29 is 8.83 Å². The van der Waals surface area contributed by atoms with Gasteiger partial charge in [-0.25, -0.2) is 0 Å². The van der Waals surface area contributed by atoms with Gasteiger partial charge in [-0.05, 0) is 44.9 Å². The van der Waals surface area contributed by atoms with E-state index in [1.807, 2.05) is 6.07 Å². The topological polar surface area (TPSA) is 55.3 Å². The number of nitrogens with zero attached hydrogens (tertiary/aromatic N) is 3. The molecule has 0 amide bonds. The first-order chi connectivity index (χ1) is 8.74. The predicted molar refractivity (Wildman–Crippen MR) is 65.7 cm³/mol. The van der Waals surface area contributed by atoms with E-state index in [1.54, 1.807) is 12.3 Å². The molecule has 0 saturated heterocycles. The molecule has 3 rings (SSSR count). The minimum atomic E-state index is 0.447. The smallest absolute Gasteiger partial charge is 0.283 e. The van der Waals surface area contributed by atoms with Crippen molar-refractivity contribution in [2.75, 3.05) is 7.05 Å². The minimum Gasteiger partial charge on any atom is -0.459 e. The van der Waals surface area contributed by atoms with Crippen LogP contribution >= 0.6 is 0 Å². The van der Waals surface area contributed by atoms with E-state index in [9.17, 15) is 0 Å². The summed E-state index contributed by atoms with van der Waals surface area (Å²) in [6.45, 7) is 2.94. The molecule has 0 aliphatic heterocycles. The van der Waals surface area contributed by atoms with E-state index in [0.29, 0.717) is 30.1 Å². The molecule has 2 heterocycles. The third kappa shape index (κ3) is 2.31. The zero-order chi connectivity index (χ0) is 12.5. The average molecular weight is 247 g/mol. The molecule has 0 spiro atoms. The van der Waals surface area contributed by atoms with Crippen molar-refractivity contribution in [3.8, 4) is 11.7 Å². The molecule has 0 unspecified atom stereocenters. The van der Waals surface area contributed by atoms with Gasteiger partial charge in [-0.15, -0.1) is 10.2 Å². The Labute approximate surface area is 106 Å². The Morgan fingerprint density at radius 3 is 2.94 bits per heavy atom. The maximum atomic E-state index is 5.59. The van der Waals surface area contributed by atoms with Gasteiger partial charge in [-0.3, -0.25) is 4.90 Å². The van der Waals surface area contributed by atoms with E-state index in [0.717, 1.165) is 5.92 Å². The maximum absolute atomic E-state index is 5.59. The Morgan fingerprint density at radius 1 is 1.44 bits per heavy atom. The van der Waals surface area contributed by atoms with E-state index in [4.69, 9.17) is 8.83 Å². The Hall–Kier alpha value is -1.62. The number of hydrogen-bond acceptors (Lipinski definition) is 5. The first-order valence-electron chi connectivity index (χ1n) is 6.30. The van der Waals surface area contributed by atoms with E-state index in [1.165, 1.54) is 12.8 Å². The molecule has 0 radical (unpaired) electrons. The van der Waals surface area contributed by atoms with Crippen LogP contribution in [-0.4, -0.2) is 28.2 Å². The van der Waals surface area contributed by atoms with Crippen LogP contribution in [0.25, 0.3) is 11.7 Å². The summed E-state index contributed by atoms with van der Waals surface area (Å²) in [6.07, 6.45) is 4.28. The molecule has 1 aliphatic rings. The number of aromatic nitrogens is 2. The molecule has 1 atom stereocenters. The van der Waals surface area contributed by atoms with Crippen LogP contribution in [0.4, 0.5) is 0 Å². The van der Waals surface area contributed by atoms with Crippen LogP contribution in [0, 0.1) is 5.92 Å². The first-order valence-corrected chi connectivity index (χ1v) is 6.30. The van der Waals surface area contributed by atoms with Gasteiger partial charge in [0.1, 0.15) is 0 Å². The van der Waals surface area contributed by atoms with E-state index in [2.05, 4.69) is 29.1 Å². The standard InChI is InChI=1S/C13H17N3O2/c1-9(10-5-6-10)16(2)8-12-14-15-13(18-12)11-4-3-7-17-11/h3-4,7,9-10H,5-6,8H2,1-2H3/t9-/m0/s1. The maximum Gasteiger partial charge on any atom is 0.283 e. The Kier molecular flexibility index (Phi) is 2.91. The van der Waals surface area contributed by atoms with Gasteiger partial charge in [0.2, 0.25) is 5.89 Å². The van der Waals surface area contributed by atoms with Gasteiger partial charge in [0.05, 0.1) is 12.8 Å². The third-order valence-electron chi connectivity index (χ3n) is 3.58. The zero-order valence-corrected chi connectivity index (χ0v) is 10.7. The lowest BCUT2D eigenvalue weighted by Gasteiger charge is -2.22. The molecular weight excluding hydrogens is 230 g/mol. The molecule has 0 aromatic carbocycles. The molecule has 1 aliphatic carbocycles. The van der Waals surface area contributed by atoms with Crippen LogP contribution < -0.4 is 0 Å². The van der Waals surface area contributed by atoms with Crippen LogP contribution in [0.5, 0.6) is 0 Å². The van der Waals surface area contributed by atoms with Gasteiger partial charge >= 0.3 is 0 Å². The lowest BCUT2D eigenvalue weighted by atomic mass is 10.2. The molecule has 5 heteroatoms. The largest absolute Gasteiger partial charge is 0.459 e. The van der Waals surface area contributed by atoms with Crippen molar-refractivity contribution in [3.05, 3.63) is 24.3 Å². The van der Waals surface area contributed by atoms with Gasteiger partial charge in [-0.2, -0.15) is 0 Å². The van der Waals surface area contributed by atoms with Crippen molar-refractivity contribution in [2.24, 2.45) is 5.92 Å². The number of furan rings is 1. The van der Waals surface area contributed by atoms with Crippen LogP contribution in [0.3, 0.4) is 0 Å². The molecule has 0 bridgehead atoms. The van der Waals surface area contributed by atoms with Crippen LogP contribution in [0.1, 0.15) is 25.7 Å². The molecule has 1 fully saturated rings. The second kappa shape index (κ2) is 4.57. The van der Waals surface area contributed by atoms with Gasteiger partial charge < -0.3 is 8.83 Å². The van der Waals surface area contributed by atoms with Gasteiger partial charge in [-0.1, -0.05) is 0 Å². The number of hydrogen-bond donors (Lipinski definition) is 0. The summed E-state index contributed by atoms with van der Waals surface area (Å²) in [6, 6.07) is 4.19. The highest BCUT2D eigenvalue weighted by molar-refractivity contribution is 5.42. The van der Waals surface area contributed by atoms with Crippen molar-refractivity contribution in [3.63, 3.8) is 0 Å². The normalized spacial score (nSPS) is 17.3. The Morgan fingerprint density at radius 2 is 2.28 bits per heavy atom. The predicted octanol–water partition coefficient (Wildman–Crippen LogP) is 2.56. The fourth-order valence-corrected chi connectivity index (χ4v) is 2.11. The molecule has 1 saturated carbocycles. The fraction of sp³-hybridized carbons (Fsp3) is 0.538. The molecule has 96 valence electrons. The zero-order valence-electron chi connectivity index (χ0n) is 10.7. The van der Waals surface area contributed by atoms with Gasteiger partial charge in [0.25, 0.3) is 5.89 Å². The summed E-state index contributed by atoms with van der Waals surface area (Å²) in [5, 5.41) is 8.05. The molecule has 18 heavy (non-hydrogen) atoms. The highest BCUT2D eigenvalue weighted by Crippen LogP contribution is 2.35. The molecule has 5 nitrogen and oxygen atoms in total. The molecular formula is C13H17N3O2. The lowest BCUT2D eigenvalue weighted by Crippen LogP contribution is -2.30. The van der Waals surface area contributed by atoms with Gasteiger partial charge in [0, 0.05) is 6.04 Å². The quantitative estimate of drug-likeness (QED) is 0.812. The second-order valence-electron chi connectivity index (χ2n) is 4.97. The highest BCUT2D eigenvalue weighted by atomic mass is 16.4. The third-order valence-corrected chi connectivity index (χ3v) is 3.58. The summed E-state index contributed by atoms with van der Waals surface area (Å²) in [4.78, 5) is 2.26. The summed E-state index contributed by atoms with van der Waals surface area (Å²) in [7, 11) is 2.10. The minimum absolute atomic E-state index is 0.447. The van der Waals surface area contributed by atoms with Crippen molar-refractivity contribution in [1.29, 1.82) is 0 Å². The van der Waals surface area contributed by atoms with Crippen LogP contribution in [0.15, 0.2) is 27.2 Å². The van der Waals surface area contributed by atoms with Gasteiger partial charge in [0.15, 0.2) is 5.76 Å². The van der Waals surface area contributed by atoms with Crippen LogP contribution in [-0.2, 0) is 6.54 Å². The Bertz CT molecular complexity index is 502. The molecule has 2 aromatic heterocycles.